The van der Waals surface area contributed by atoms with Gasteiger partial charge in [0.05, 0.1) is 15.5 Å². The van der Waals surface area contributed by atoms with E-state index in [1.807, 2.05) is 0 Å². The lowest BCUT2D eigenvalue weighted by Gasteiger charge is -2.09. The van der Waals surface area contributed by atoms with Crippen LogP contribution in [0.4, 0.5) is 11.4 Å². The Hall–Kier alpha value is -3.93. The highest BCUT2D eigenvalue weighted by Crippen LogP contribution is 2.29. The van der Waals surface area contributed by atoms with Crippen LogP contribution in [0.3, 0.4) is 0 Å². The lowest BCUT2D eigenvalue weighted by Crippen LogP contribution is -2.13. The molecule has 3 rings (SSSR count). The second-order valence-corrected chi connectivity index (χ2v) is 7.25. The van der Waals surface area contributed by atoms with Crippen LogP contribution < -0.4 is 10.5 Å². The van der Waals surface area contributed by atoms with Gasteiger partial charge in [0.25, 0.3) is 15.9 Å². The summed E-state index contributed by atoms with van der Waals surface area (Å²) in [4.78, 5) is 20.7. The number of hydrogen-bond acceptors (Lipinski definition) is 7. The van der Waals surface area contributed by atoms with Crippen LogP contribution in [0.2, 0.25) is 0 Å². The maximum absolute atomic E-state index is 12.4. The van der Waals surface area contributed by atoms with E-state index in [1.165, 1.54) is 29.1 Å². The molecule has 28 heavy (non-hydrogen) atoms. The molecule has 0 atom stereocenters. The van der Waals surface area contributed by atoms with Crippen LogP contribution in [0.5, 0.6) is 5.75 Å². The average Bonchev–Trinajstić information content (AvgIpc) is 3.12. The summed E-state index contributed by atoms with van der Waals surface area (Å²) in [5.74, 6) is -1.31. The normalized spacial score (nSPS) is 11.1. The molecule has 0 spiro atoms. The SMILES string of the molecule is NC(=O)c1ccn(-c2ccc(NS(=O)(=O)c3ccc(O)c([N+](=O)[O-])c3)cc2)n1. The molecule has 0 fully saturated rings. The largest absolute Gasteiger partial charge is 0.502 e. The third kappa shape index (κ3) is 3.76. The molecule has 3 aromatic rings. The number of rotatable bonds is 6. The van der Waals surface area contributed by atoms with E-state index in [1.54, 1.807) is 12.1 Å². The number of phenols is 1. The minimum Gasteiger partial charge on any atom is -0.502 e. The molecule has 12 heteroatoms. The van der Waals surface area contributed by atoms with Crippen molar-refractivity contribution >= 4 is 27.3 Å². The number of sulfonamides is 1. The predicted octanol–water partition coefficient (Wildman–Crippen LogP) is 1.39. The fourth-order valence-corrected chi connectivity index (χ4v) is 3.39. The Kier molecular flexibility index (Phi) is 4.71. The lowest BCUT2D eigenvalue weighted by molar-refractivity contribution is -0.386. The number of nitro benzene ring substituents is 1. The first-order chi connectivity index (χ1) is 13.2. The molecule has 1 heterocycles. The van der Waals surface area contributed by atoms with Gasteiger partial charge in [0.15, 0.2) is 5.75 Å². The number of nitro groups is 1. The predicted molar refractivity (Wildman–Crippen MR) is 97.7 cm³/mol. The van der Waals surface area contributed by atoms with Gasteiger partial charge in [-0.05, 0) is 42.5 Å². The van der Waals surface area contributed by atoms with Gasteiger partial charge in [0, 0.05) is 18.0 Å². The number of carbonyl (C=O) groups excluding carboxylic acids is 1. The minimum absolute atomic E-state index is 0.0821. The number of nitrogens with two attached hydrogens (primary N) is 1. The summed E-state index contributed by atoms with van der Waals surface area (Å²) < 4.78 is 28.6. The number of carbonyl (C=O) groups is 1. The van der Waals surface area contributed by atoms with Crippen LogP contribution in [-0.4, -0.2) is 34.1 Å². The molecule has 0 saturated heterocycles. The van der Waals surface area contributed by atoms with Gasteiger partial charge in [-0.1, -0.05) is 0 Å². The third-order valence-corrected chi connectivity index (χ3v) is 5.06. The highest BCUT2D eigenvalue weighted by atomic mass is 32.2. The molecule has 1 aromatic heterocycles. The number of hydrogen-bond donors (Lipinski definition) is 3. The van der Waals surface area contributed by atoms with Crippen molar-refractivity contribution in [3.8, 4) is 11.4 Å². The number of phenolic OH excluding ortho intramolecular Hbond substituents is 1. The van der Waals surface area contributed by atoms with Gasteiger partial charge < -0.3 is 10.8 Å². The first-order valence-electron chi connectivity index (χ1n) is 7.63. The Morgan fingerprint density at radius 3 is 2.43 bits per heavy atom. The minimum atomic E-state index is -4.12. The van der Waals surface area contributed by atoms with Gasteiger partial charge in [-0.15, -0.1) is 0 Å². The van der Waals surface area contributed by atoms with Crippen LogP contribution >= 0.6 is 0 Å². The van der Waals surface area contributed by atoms with Crippen molar-refractivity contribution < 1.29 is 23.2 Å². The zero-order chi connectivity index (χ0) is 20.5. The van der Waals surface area contributed by atoms with Gasteiger partial charge in [0.1, 0.15) is 5.69 Å². The Morgan fingerprint density at radius 2 is 1.86 bits per heavy atom. The molecule has 4 N–H and O–H groups in total. The molecule has 0 aliphatic heterocycles. The van der Waals surface area contributed by atoms with Crippen LogP contribution in [0.25, 0.3) is 5.69 Å². The van der Waals surface area contributed by atoms with Crippen LogP contribution in [0.15, 0.2) is 59.6 Å². The zero-order valence-corrected chi connectivity index (χ0v) is 14.8. The number of primary amides is 1. The van der Waals surface area contributed by atoms with Crippen LogP contribution in [0, 0.1) is 10.1 Å². The highest BCUT2D eigenvalue weighted by Gasteiger charge is 2.21. The smallest absolute Gasteiger partial charge is 0.312 e. The van der Waals surface area contributed by atoms with E-state index in [0.717, 1.165) is 18.2 Å². The van der Waals surface area contributed by atoms with Gasteiger partial charge >= 0.3 is 5.69 Å². The number of aromatic nitrogens is 2. The number of aromatic hydroxyl groups is 1. The Labute approximate surface area is 158 Å². The first kappa shape index (κ1) is 18.8. The number of nitrogens with one attached hydrogen (secondary N) is 1. The molecule has 1 amide bonds. The summed E-state index contributed by atoms with van der Waals surface area (Å²) in [6, 6.07) is 10.2. The van der Waals surface area contributed by atoms with Crippen molar-refractivity contribution in [1.29, 1.82) is 0 Å². The summed E-state index contributed by atoms with van der Waals surface area (Å²) >= 11 is 0. The zero-order valence-electron chi connectivity index (χ0n) is 14.0. The molecule has 0 aliphatic carbocycles. The van der Waals surface area contributed by atoms with Crippen LogP contribution in [0.1, 0.15) is 10.5 Å². The van der Waals surface area contributed by atoms with Gasteiger partial charge in [0.2, 0.25) is 0 Å². The Morgan fingerprint density at radius 1 is 1.18 bits per heavy atom. The molecular formula is C16H13N5O6S. The summed E-state index contributed by atoms with van der Waals surface area (Å²) in [5.41, 5.74) is 5.25. The van der Waals surface area contributed by atoms with Gasteiger partial charge in [-0.3, -0.25) is 19.6 Å². The number of benzene rings is 2. The van der Waals surface area contributed by atoms with Gasteiger partial charge in [-0.2, -0.15) is 5.10 Å². The summed E-state index contributed by atoms with van der Waals surface area (Å²) in [6.07, 6.45) is 1.52. The highest BCUT2D eigenvalue weighted by molar-refractivity contribution is 7.92. The molecular weight excluding hydrogens is 390 g/mol. The van der Waals surface area contributed by atoms with E-state index >= 15 is 0 Å². The molecule has 0 unspecified atom stereocenters. The number of nitrogens with zero attached hydrogens (tertiary/aromatic N) is 3. The first-order valence-corrected chi connectivity index (χ1v) is 9.12. The van der Waals surface area contributed by atoms with E-state index in [2.05, 4.69) is 9.82 Å². The second-order valence-electron chi connectivity index (χ2n) is 5.57. The van der Waals surface area contributed by atoms with E-state index < -0.39 is 32.3 Å². The third-order valence-electron chi connectivity index (χ3n) is 3.68. The molecule has 0 saturated carbocycles. The van der Waals surface area contributed by atoms with E-state index in [0.29, 0.717) is 5.69 Å². The van der Waals surface area contributed by atoms with E-state index in [4.69, 9.17) is 5.73 Å². The fraction of sp³-hybridized carbons (Fsp3) is 0. The van der Waals surface area contributed by atoms with Crippen molar-refractivity contribution in [3.63, 3.8) is 0 Å². The van der Waals surface area contributed by atoms with E-state index in [-0.39, 0.29) is 16.3 Å². The standard InChI is InChI=1S/C16H13N5O6S/c17-16(23)13-7-8-20(18-13)11-3-1-10(2-4-11)19-28(26,27)12-5-6-15(22)14(9-12)21(24)25/h1-9,19,22H,(H2,17,23). The van der Waals surface area contributed by atoms with Crippen molar-refractivity contribution in [2.75, 3.05) is 4.72 Å². The molecule has 0 radical (unpaired) electrons. The molecule has 2 aromatic carbocycles. The summed E-state index contributed by atoms with van der Waals surface area (Å²) in [6.45, 7) is 0. The molecule has 0 bridgehead atoms. The lowest BCUT2D eigenvalue weighted by atomic mass is 10.3. The van der Waals surface area contributed by atoms with Crippen molar-refractivity contribution in [2.45, 2.75) is 4.90 Å². The quantitative estimate of drug-likeness (QED) is 0.412. The number of amides is 1. The molecule has 0 aliphatic rings. The molecule has 11 nitrogen and oxygen atoms in total. The second kappa shape index (κ2) is 7.00. The Balaban J connectivity index is 1.84. The monoisotopic (exact) mass is 403 g/mol. The van der Waals surface area contributed by atoms with Crippen molar-refractivity contribution in [2.24, 2.45) is 5.73 Å². The Bertz CT molecular complexity index is 1170. The fourth-order valence-electron chi connectivity index (χ4n) is 2.31. The summed E-state index contributed by atoms with van der Waals surface area (Å²) in [5, 5.41) is 24.3. The average molecular weight is 403 g/mol. The maximum Gasteiger partial charge on any atom is 0.312 e. The van der Waals surface area contributed by atoms with Gasteiger partial charge in [-0.25, -0.2) is 13.1 Å². The van der Waals surface area contributed by atoms with Crippen molar-refractivity contribution in [3.05, 3.63) is 70.5 Å². The van der Waals surface area contributed by atoms with Crippen molar-refractivity contribution in [1.82, 2.24) is 9.78 Å². The topological polar surface area (TPSA) is 170 Å². The van der Waals surface area contributed by atoms with E-state index in [9.17, 15) is 28.4 Å². The maximum atomic E-state index is 12.4. The van der Waals surface area contributed by atoms with Crippen LogP contribution in [-0.2, 0) is 10.0 Å². The number of anilines is 1. The summed E-state index contributed by atoms with van der Waals surface area (Å²) in [7, 11) is -4.12. The molecule has 144 valence electrons.